The predicted molar refractivity (Wildman–Crippen MR) is 83.3 cm³/mol. The van der Waals surface area contributed by atoms with E-state index in [2.05, 4.69) is 14.9 Å². The van der Waals surface area contributed by atoms with Crippen molar-refractivity contribution in [3.8, 4) is 0 Å². The molecule has 0 saturated carbocycles. The highest BCUT2D eigenvalue weighted by Crippen LogP contribution is 2.26. The lowest BCUT2D eigenvalue weighted by Crippen LogP contribution is -2.13. The summed E-state index contributed by atoms with van der Waals surface area (Å²) >= 11 is 0. The lowest BCUT2D eigenvalue weighted by molar-refractivity contribution is 0.622. The van der Waals surface area contributed by atoms with Crippen LogP contribution in [-0.2, 0) is 6.54 Å². The van der Waals surface area contributed by atoms with Crippen LogP contribution >= 0.6 is 0 Å². The Morgan fingerprint density at radius 2 is 2.09 bits per heavy atom. The third kappa shape index (κ3) is 2.37. The van der Waals surface area contributed by atoms with Crippen LogP contribution in [0.25, 0.3) is 11.2 Å². The summed E-state index contributed by atoms with van der Waals surface area (Å²) in [5.41, 5.74) is 2.87. The van der Waals surface area contributed by atoms with E-state index in [0.717, 1.165) is 42.1 Å². The number of hydrogen-bond donors (Lipinski definition) is 1. The molecule has 0 aliphatic carbocycles. The van der Waals surface area contributed by atoms with Crippen molar-refractivity contribution < 1.29 is 4.39 Å². The molecule has 4 rings (SSSR count). The predicted octanol–water partition coefficient (Wildman–Crippen LogP) is 2.70. The number of imidazole rings is 1. The van der Waals surface area contributed by atoms with E-state index in [9.17, 15) is 4.39 Å². The first-order valence-corrected chi connectivity index (χ1v) is 7.57. The molecule has 1 aliphatic rings. The van der Waals surface area contributed by atoms with Crippen LogP contribution < -0.4 is 5.32 Å². The maximum Gasteiger partial charge on any atom is 0.160 e. The lowest BCUT2D eigenvalue weighted by atomic mass is 10.1. The highest BCUT2D eigenvalue weighted by atomic mass is 19.1. The summed E-state index contributed by atoms with van der Waals surface area (Å²) in [6.45, 7) is 2.64. The number of pyridine rings is 1. The van der Waals surface area contributed by atoms with Crippen LogP contribution in [0.4, 0.5) is 4.39 Å². The zero-order valence-corrected chi connectivity index (χ0v) is 12.2. The van der Waals surface area contributed by atoms with Gasteiger partial charge >= 0.3 is 0 Å². The Kier molecular flexibility index (Phi) is 3.35. The first-order valence-electron chi connectivity index (χ1n) is 7.57. The van der Waals surface area contributed by atoms with Crippen LogP contribution in [0.5, 0.6) is 0 Å². The van der Waals surface area contributed by atoms with E-state index in [-0.39, 0.29) is 5.82 Å². The smallest absolute Gasteiger partial charge is 0.160 e. The third-order valence-corrected chi connectivity index (χ3v) is 4.21. The second kappa shape index (κ2) is 5.50. The van der Waals surface area contributed by atoms with Crippen LogP contribution in [0.3, 0.4) is 0 Å². The second-order valence-corrected chi connectivity index (χ2v) is 5.72. The van der Waals surface area contributed by atoms with Gasteiger partial charge in [0.05, 0.1) is 6.54 Å². The summed E-state index contributed by atoms with van der Waals surface area (Å²) < 4.78 is 15.3. The third-order valence-electron chi connectivity index (χ3n) is 4.21. The number of aromatic nitrogens is 3. The Hall–Kier alpha value is -2.27. The van der Waals surface area contributed by atoms with Gasteiger partial charge in [0.15, 0.2) is 5.65 Å². The topological polar surface area (TPSA) is 42.7 Å². The van der Waals surface area contributed by atoms with Gasteiger partial charge in [0, 0.05) is 18.7 Å². The van der Waals surface area contributed by atoms with E-state index in [1.807, 2.05) is 24.3 Å². The molecule has 112 valence electrons. The Bertz CT molecular complexity index is 788. The number of fused-ring (bicyclic) bond motifs is 1. The van der Waals surface area contributed by atoms with Crippen molar-refractivity contribution in [3.63, 3.8) is 0 Å². The molecule has 1 aromatic carbocycles. The Morgan fingerprint density at radius 1 is 1.23 bits per heavy atom. The minimum absolute atomic E-state index is 0.211. The molecule has 0 amide bonds. The molecule has 0 radical (unpaired) electrons. The molecule has 1 fully saturated rings. The van der Waals surface area contributed by atoms with Crippen molar-refractivity contribution in [2.45, 2.75) is 18.9 Å². The van der Waals surface area contributed by atoms with E-state index >= 15 is 0 Å². The molecule has 0 spiro atoms. The Balaban J connectivity index is 1.79. The fourth-order valence-electron chi connectivity index (χ4n) is 3.09. The molecule has 2 aromatic heterocycles. The molecule has 3 heterocycles. The first kappa shape index (κ1) is 13.4. The van der Waals surface area contributed by atoms with Crippen molar-refractivity contribution in [1.82, 2.24) is 19.9 Å². The summed E-state index contributed by atoms with van der Waals surface area (Å²) in [5.74, 6) is 1.27. The fraction of sp³-hybridized carbons (Fsp3) is 0.294. The zero-order valence-electron chi connectivity index (χ0n) is 12.2. The molecule has 1 saturated heterocycles. The van der Waals surface area contributed by atoms with Crippen LogP contribution in [0.1, 0.15) is 23.7 Å². The maximum absolute atomic E-state index is 13.1. The average molecular weight is 296 g/mol. The van der Waals surface area contributed by atoms with Gasteiger partial charge in [0.2, 0.25) is 0 Å². The molecule has 22 heavy (non-hydrogen) atoms. The van der Waals surface area contributed by atoms with Gasteiger partial charge in [0.1, 0.15) is 17.2 Å². The molecule has 1 unspecified atom stereocenters. The van der Waals surface area contributed by atoms with E-state index in [1.165, 1.54) is 12.1 Å². The van der Waals surface area contributed by atoms with Crippen LogP contribution in [0, 0.1) is 5.82 Å². The molecular formula is C17H17FN4. The highest BCUT2D eigenvalue weighted by Gasteiger charge is 2.23. The van der Waals surface area contributed by atoms with Crippen molar-refractivity contribution in [3.05, 3.63) is 59.8 Å². The van der Waals surface area contributed by atoms with Gasteiger partial charge in [0.25, 0.3) is 0 Å². The van der Waals surface area contributed by atoms with Gasteiger partial charge in [-0.25, -0.2) is 14.4 Å². The summed E-state index contributed by atoms with van der Waals surface area (Å²) in [6, 6.07) is 10.5. The van der Waals surface area contributed by atoms with E-state index in [0.29, 0.717) is 12.5 Å². The fourth-order valence-corrected chi connectivity index (χ4v) is 3.09. The van der Waals surface area contributed by atoms with Gasteiger partial charge in [-0.2, -0.15) is 0 Å². The highest BCUT2D eigenvalue weighted by molar-refractivity contribution is 5.71. The van der Waals surface area contributed by atoms with Gasteiger partial charge in [-0.1, -0.05) is 12.1 Å². The molecule has 1 aliphatic heterocycles. The van der Waals surface area contributed by atoms with Crippen LogP contribution in [0.2, 0.25) is 0 Å². The normalized spacial score (nSPS) is 18.1. The number of benzene rings is 1. The minimum Gasteiger partial charge on any atom is -0.316 e. The van der Waals surface area contributed by atoms with E-state index < -0.39 is 0 Å². The number of nitrogens with one attached hydrogen (secondary N) is 1. The van der Waals surface area contributed by atoms with Gasteiger partial charge in [-0.15, -0.1) is 0 Å². The molecular weight excluding hydrogens is 279 g/mol. The molecule has 1 atom stereocenters. The molecule has 4 nitrogen and oxygen atoms in total. The van der Waals surface area contributed by atoms with Crippen LogP contribution in [0.15, 0.2) is 42.6 Å². The van der Waals surface area contributed by atoms with Gasteiger partial charge in [-0.3, -0.25) is 0 Å². The summed E-state index contributed by atoms with van der Waals surface area (Å²) in [6.07, 6.45) is 2.88. The monoisotopic (exact) mass is 296 g/mol. The summed E-state index contributed by atoms with van der Waals surface area (Å²) in [7, 11) is 0. The number of nitrogens with zero attached hydrogens (tertiary/aromatic N) is 3. The SMILES string of the molecule is Fc1ccc(Cn2c(C3CCNC3)nc3cccnc32)cc1. The summed E-state index contributed by atoms with van der Waals surface area (Å²) in [5, 5.41) is 3.39. The Morgan fingerprint density at radius 3 is 2.86 bits per heavy atom. The maximum atomic E-state index is 13.1. The molecule has 3 aromatic rings. The van der Waals surface area contributed by atoms with Crippen molar-refractivity contribution >= 4 is 11.2 Å². The molecule has 1 N–H and O–H groups in total. The Labute approximate surface area is 128 Å². The molecule has 5 heteroatoms. The molecule has 0 bridgehead atoms. The van der Waals surface area contributed by atoms with Crippen molar-refractivity contribution in [2.24, 2.45) is 0 Å². The zero-order chi connectivity index (χ0) is 14.9. The lowest BCUT2D eigenvalue weighted by Gasteiger charge is -2.12. The van der Waals surface area contributed by atoms with Gasteiger partial charge in [-0.05, 0) is 42.8 Å². The van der Waals surface area contributed by atoms with Crippen molar-refractivity contribution in [1.29, 1.82) is 0 Å². The quantitative estimate of drug-likeness (QED) is 0.808. The minimum atomic E-state index is -0.211. The summed E-state index contributed by atoms with van der Waals surface area (Å²) in [4.78, 5) is 9.29. The number of hydrogen-bond acceptors (Lipinski definition) is 3. The van der Waals surface area contributed by atoms with E-state index in [4.69, 9.17) is 4.98 Å². The largest absolute Gasteiger partial charge is 0.316 e. The number of rotatable bonds is 3. The first-order chi connectivity index (χ1) is 10.8. The van der Waals surface area contributed by atoms with Crippen molar-refractivity contribution in [2.75, 3.05) is 13.1 Å². The number of halogens is 1. The standard InChI is InChI=1S/C17H17FN4/c18-14-5-3-12(4-6-14)11-22-16(13-7-9-19-10-13)21-15-2-1-8-20-17(15)22/h1-6,8,13,19H,7,9-11H2. The van der Waals surface area contributed by atoms with E-state index in [1.54, 1.807) is 6.20 Å². The second-order valence-electron chi connectivity index (χ2n) is 5.72. The van der Waals surface area contributed by atoms with Gasteiger partial charge < -0.3 is 9.88 Å². The average Bonchev–Trinajstić information content (AvgIpc) is 3.18. The van der Waals surface area contributed by atoms with Crippen LogP contribution in [-0.4, -0.2) is 27.6 Å².